The summed E-state index contributed by atoms with van der Waals surface area (Å²) in [6.45, 7) is 0. The quantitative estimate of drug-likeness (QED) is 0.516. The molecule has 0 heterocycles. The zero-order valence-electron chi connectivity index (χ0n) is 13.7. The summed E-state index contributed by atoms with van der Waals surface area (Å²) in [6.07, 6.45) is 1.85. The fourth-order valence-electron chi connectivity index (χ4n) is 2.64. The second kappa shape index (κ2) is 7.94. The third kappa shape index (κ3) is 4.25. The van der Waals surface area contributed by atoms with E-state index in [9.17, 15) is 4.79 Å². The van der Waals surface area contributed by atoms with Gasteiger partial charge in [0, 0.05) is 10.0 Å². The van der Waals surface area contributed by atoms with Crippen LogP contribution < -0.4 is 10.2 Å². The number of halogens is 1. The van der Waals surface area contributed by atoms with Crippen LogP contribution in [0.4, 0.5) is 0 Å². The minimum Gasteiger partial charge on any atom is -0.496 e. The monoisotopic (exact) mass is 396 g/mol. The largest absolute Gasteiger partial charge is 0.496 e. The molecule has 0 radical (unpaired) electrons. The molecule has 3 aromatic carbocycles. The van der Waals surface area contributed by atoms with Crippen LogP contribution in [0.15, 0.2) is 70.2 Å². The van der Waals surface area contributed by atoms with Gasteiger partial charge in [0.2, 0.25) is 5.91 Å². The van der Waals surface area contributed by atoms with Crippen LogP contribution in [0.2, 0.25) is 0 Å². The molecule has 4 nitrogen and oxygen atoms in total. The van der Waals surface area contributed by atoms with Crippen molar-refractivity contribution in [3.8, 4) is 5.75 Å². The van der Waals surface area contributed by atoms with E-state index in [-0.39, 0.29) is 12.3 Å². The maximum absolute atomic E-state index is 12.2. The Kier molecular flexibility index (Phi) is 5.46. The van der Waals surface area contributed by atoms with Gasteiger partial charge in [-0.05, 0) is 34.5 Å². The highest BCUT2D eigenvalue weighted by Gasteiger charge is 2.06. The first-order valence-electron chi connectivity index (χ1n) is 7.79. The first kappa shape index (κ1) is 17.2. The Labute approximate surface area is 154 Å². The summed E-state index contributed by atoms with van der Waals surface area (Å²) in [4.78, 5) is 12.2. The van der Waals surface area contributed by atoms with Crippen molar-refractivity contribution in [2.75, 3.05) is 7.11 Å². The molecule has 3 rings (SSSR count). The lowest BCUT2D eigenvalue weighted by Crippen LogP contribution is -2.20. The van der Waals surface area contributed by atoms with Gasteiger partial charge in [0.05, 0.1) is 19.7 Å². The average molecular weight is 397 g/mol. The average Bonchev–Trinajstić information content (AvgIpc) is 2.62. The van der Waals surface area contributed by atoms with Gasteiger partial charge in [0.15, 0.2) is 0 Å². The smallest absolute Gasteiger partial charge is 0.244 e. The maximum Gasteiger partial charge on any atom is 0.244 e. The molecule has 1 N–H and O–H groups in total. The van der Waals surface area contributed by atoms with E-state index in [1.54, 1.807) is 13.3 Å². The number of nitrogens with zero attached hydrogens (tertiary/aromatic N) is 1. The summed E-state index contributed by atoms with van der Waals surface area (Å²) < 4.78 is 6.19. The number of methoxy groups -OCH3 is 1. The van der Waals surface area contributed by atoms with Crippen LogP contribution in [0.25, 0.3) is 10.8 Å². The number of nitrogens with one attached hydrogen (secondary N) is 1. The van der Waals surface area contributed by atoms with Crippen LogP contribution in [0.5, 0.6) is 5.75 Å². The van der Waals surface area contributed by atoms with Crippen LogP contribution in [0, 0.1) is 0 Å². The highest BCUT2D eigenvalue weighted by Crippen LogP contribution is 2.21. The van der Waals surface area contributed by atoms with E-state index in [2.05, 4.69) is 26.5 Å². The van der Waals surface area contributed by atoms with Crippen molar-refractivity contribution in [1.82, 2.24) is 5.43 Å². The number of carbonyl (C=O) groups excluding carboxylic acids is 1. The predicted octanol–water partition coefficient (Wildman–Crippen LogP) is 4.30. The van der Waals surface area contributed by atoms with E-state index in [0.29, 0.717) is 5.75 Å². The van der Waals surface area contributed by atoms with Gasteiger partial charge in [-0.1, -0.05) is 58.4 Å². The molecule has 126 valence electrons. The third-order valence-electron chi connectivity index (χ3n) is 3.82. The molecular weight excluding hydrogens is 380 g/mol. The number of rotatable bonds is 5. The van der Waals surface area contributed by atoms with E-state index in [0.717, 1.165) is 26.4 Å². The number of benzene rings is 3. The lowest BCUT2D eigenvalue weighted by atomic mass is 10.0. The summed E-state index contributed by atoms with van der Waals surface area (Å²) in [5.74, 6) is 0.525. The van der Waals surface area contributed by atoms with Gasteiger partial charge in [-0.3, -0.25) is 4.79 Å². The molecule has 25 heavy (non-hydrogen) atoms. The number of ether oxygens (including phenoxy) is 1. The molecule has 0 bridgehead atoms. The first-order chi connectivity index (χ1) is 12.2. The predicted molar refractivity (Wildman–Crippen MR) is 104 cm³/mol. The lowest BCUT2D eigenvalue weighted by Gasteiger charge is -2.06. The second-order valence-corrected chi connectivity index (χ2v) is 6.41. The zero-order chi connectivity index (χ0) is 17.6. The summed E-state index contributed by atoms with van der Waals surface area (Å²) in [7, 11) is 1.60. The molecule has 0 unspecified atom stereocenters. The topological polar surface area (TPSA) is 50.7 Å². The summed E-state index contributed by atoms with van der Waals surface area (Å²) in [5, 5.41) is 6.24. The second-order valence-electron chi connectivity index (χ2n) is 5.49. The van der Waals surface area contributed by atoms with Crippen LogP contribution in [-0.2, 0) is 11.2 Å². The first-order valence-corrected chi connectivity index (χ1v) is 8.59. The molecule has 5 heteroatoms. The van der Waals surface area contributed by atoms with Gasteiger partial charge < -0.3 is 4.74 Å². The molecule has 0 aliphatic carbocycles. The third-order valence-corrected chi connectivity index (χ3v) is 4.31. The number of hydrogen-bond donors (Lipinski definition) is 1. The highest BCUT2D eigenvalue weighted by atomic mass is 79.9. The molecular formula is C20H17BrN2O2. The Balaban J connectivity index is 1.70. The van der Waals surface area contributed by atoms with Gasteiger partial charge in [-0.2, -0.15) is 5.10 Å². The molecule has 0 aromatic heterocycles. The number of fused-ring (bicyclic) bond motifs is 1. The van der Waals surface area contributed by atoms with Gasteiger partial charge in [0.25, 0.3) is 0 Å². The minimum atomic E-state index is -0.165. The molecule has 0 fully saturated rings. The molecule has 0 aliphatic heterocycles. The van der Waals surface area contributed by atoms with Gasteiger partial charge in [0.1, 0.15) is 5.75 Å². The van der Waals surface area contributed by atoms with E-state index >= 15 is 0 Å². The number of amides is 1. The molecule has 0 aliphatic rings. The Morgan fingerprint density at radius 3 is 2.80 bits per heavy atom. The number of carbonyl (C=O) groups is 1. The summed E-state index contributed by atoms with van der Waals surface area (Å²) in [6, 6.07) is 19.6. The van der Waals surface area contributed by atoms with Gasteiger partial charge in [-0.15, -0.1) is 0 Å². The fourth-order valence-corrected chi connectivity index (χ4v) is 3.02. The highest BCUT2D eigenvalue weighted by molar-refractivity contribution is 9.10. The molecule has 3 aromatic rings. The summed E-state index contributed by atoms with van der Waals surface area (Å²) >= 11 is 3.41. The van der Waals surface area contributed by atoms with Crippen molar-refractivity contribution >= 4 is 38.8 Å². The van der Waals surface area contributed by atoms with Crippen LogP contribution in [0.1, 0.15) is 11.1 Å². The SMILES string of the molecule is COc1ccc(Br)cc1C=NNC(=O)Cc1cccc2ccccc12. The van der Waals surface area contributed by atoms with Crippen molar-refractivity contribution in [2.45, 2.75) is 6.42 Å². The standard InChI is InChI=1S/C20H17BrN2O2/c1-25-19-10-9-17(21)11-16(19)13-22-23-20(24)12-15-7-4-6-14-5-2-3-8-18(14)15/h2-11,13H,12H2,1H3,(H,23,24). The Bertz CT molecular complexity index is 933. The van der Waals surface area contributed by atoms with E-state index < -0.39 is 0 Å². The van der Waals surface area contributed by atoms with Crippen molar-refractivity contribution < 1.29 is 9.53 Å². The minimum absolute atomic E-state index is 0.165. The number of hydrogen-bond acceptors (Lipinski definition) is 3. The van der Waals surface area contributed by atoms with Crippen molar-refractivity contribution in [2.24, 2.45) is 5.10 Å². The van der Waals surface area contributed by atoms with Crippen molar-refractivity contribution in [3.63, 3.8) is 0 Å². The molecule has 1 amide bonds. The lowest BCUT2D eigenvalue weighted by molar-refractivity contribution is -0.120. The van der Waals surface area contributed by atoms with Crippen LogP contribution in [-0.4, -0.2) is 19.2 Å². The molecule has 0 spiro atoms. The van der Waals surface area contributed by atoms with E-state index in [4.69, 9.17) is 4.74 Å². The molecule has 0 saturated heterocycles. The normalized spacial score (nSPS) is 11.0. The van der Waals surface area contributed by atoms with Gasteiger partial charge in [-0.25, -0.2) is 5.43 Å². The van der Waals surface area contributed by atoms with Gasteiger partial charge >= 0.3 is 0 Å². The maximum atomic E-state index is 12.2. The van der Waals surface area contributed by atoms with Crippen LogP contribution >= 0.6 is 15.9 Å². The zero-order valence-corrected chi connectivity index (χ0v) is 15.3. The van der Waals surface area contributed by atoms with E-state index in [1.165, 1.54) is 0 Å². The Morgan fingerprint density at radius 1 is 1.16 bits per heavy atom. The summed E-state index contributed by atoms with van der Waals surface area (Å²) in [5.41, 5.74) is 4.33. The Hall–Kier alpha value is -2.66. The number of hydrazone groups is 1. The molecule has 0 saturated carbocycles. The Morgan fingerprint density at radius 2 is 1.96 bits per heavy atom. The molecule has 0 atom stereocenters. The van der Waals surface area contributed by atoms with Crippen LogP contribution in [0.3, 0.4) is 0 Å². The fraction of sp³-hybridized carbons (Fsp3) is 0.100. The van der Waals surface area contributed by atoms with Crippen molar-refractivity contribution in [1.29, 1.82) is 0 Å². The van der Waals surface area contributed by atoms with E-state index in [1.807, 2.05) is 60.7 Å². The van der Waals surface area contributed by atoms with Crippen molar-refractivity contribution in [3.05, 3.63) is 76.3 Å².